The first-order valence-corrected chi connectivity index (χ1v) is 9.65. The molecular weight excluding hydrogens is 342 g/mol. The number of amides is 1. The van der Waals surface area contributed by atoms with Crippen molar-refractivity contribution in [1.29, 1.82) is 0 Å². The van der Waals surface area contributed by atoms with Crippen molar-refractivity contribution >= 4 is 33.8 Å². The van der Waals surface area contributed by atoms with Gasteiger partial charge < -0.3 is 10.6 Å². The second-order valence-corrected chi connectivity index (χ2v) is 7.03. The zero-order valence-corrected chi connectivity index (χ0v) is 16.1. The van der Waals surface area contributed by atoms with E-state index in [1.165, 1.54) is 16.9 Å². The maximum absolute atomic E-state index is 12.7. The fraction of sp³-hybridized carbons (Fsp3) is 0.238. The van der Waals surface area contributed by atoms with Crippen LogP contribution in [0, 0.1) is 6.92 Å². The number of hydrogen-bond donors (Lipinski definition) is 2. The van der Waals surface area contributed by atoms with Crippen molar-refractivity contribution in [2.45, 2.75) is 33.6 Å². The lowest BCUT2D eigenvalue weighted by molar-refractivity contribution is 0.102. The Morgan fingerprint density at radius 2 is 1.54 bits per heavy atom. The summed E-state index contributed by atoms with van der Waals surface area (Å²) < 4.78 is 0. The van der Waals surface area contributed by atoms with E-state index in [0.717, 1.165) is 40.6 Å². The van der Waals surface area contributed by atoms with Crippen LogP contribution in [0.5, 0.6) is 0 Å². The summed E-state index contributed by atoms with van der Waals surface area (Å²) in [5, 5.41) is 7.11. The Hall–Kier alpha value is -2.66. The lowest BCUT2D eigenvalue weighted by atomic mass is 10.1. The summed E-state index contributed by atoms with van der Waals surface area (Å²) in [5.41, 5.74) is 4.98. The van der Waals surface area contributed by atoms with Gasteiger partial charge in [-0.15, -0.1) is 0 Å². The molecule has 0 saturated carbocycles. The van der Waals surface area contributed by atoms with Gasteiger partial charge in [-0.25, -0.2) is 4.98 Å². The number of para-hydroxylation sites is 2. The van der Waals surface area contributed by atoms with Gasteiger partial charge >= 0.3 is 0 Å². The molecule has 5 heteroatoms. The van der Waals surface area contributed by atoms with Gasteiger partial charge in [0.25, 0.3) is 5.91 Å². The van der Waals surface area contributed by atoms with Crippen molar-refractivity contribution in [3.8, 4) is 0 Å². The van der Waals surface area contributed by atoms with Gasteiger partial charge in [0, 0.05) is 11.4 Å². The number of hydrogen-bond acceptors (Lipinski definition) is 4. The molecule has 0 atom stereocenters. The third kappa shape index (κ3) is 3.94. The molecule has 1 aromatic heterocycles. The van der Waals surface area contributed by atoms with Crippen LogP contribution >= 0.6 is 11.3 Å². The number of carbonyl (C=O) groups excluding carboxylic acids is 1. The molecule has 4 nitrogen and oxygen atoms in total. The molecular formula is C21H23N3OS. The van der Waals surface area contributed by atoms with Crippen LogP contribution in [0.1, 0.15) is 40.3 Å². The summed E-state index contributed by atoms with van der Waals surface area (Å²) in [6, 6.07) is 16.0. The Labute approximate surface area is 158 Å². The monoisotopic (exact) mass is 365 g/mol. The number of carbonyl (C=O) groups is 1. The van der Waals surface area contributed by atoms with Crippen LogP contribution in [0.2, 0.25) is 0 Å². The first-order valence-electron chi connectivity index (χ1n) is 8.84. The first-order chi connectivity index (χ1) is 12.6. The van der Waals surface area contributed by atoms with Crippen LogP contribution in [0.4, 0.5) is 16.5 Å². The van der Waals surface area contributed by atoms with E-state index in [-0.39, 0.29) is 5.91 Å². The molecule has 0 aliphatic rings. The van der Waals surface area contributed by atoms with Crippen molar-refractivity contribution in [3.05, 3.63) is 70.2 Å². The fourth-order valence-electron chi connectivity index (χ4n) is 2.86. The quantitative estimate of drug-likeness (QED) is 0.600. The third-order valence-corrected chi connectivity index (χ3v) is 5.36. The number of thiazole rings is 1. The van der Waals surface area contributed by atoms with E-state index in [4.69, 9.17) is 0 Å². The topological polar surface area (TPSA) is 54.0 Å². The zero-order chi connectivity index (χ0) is 18.5. The van der Waals surface area contributed by atoms with Gasteiger partial charge in [0.15, 0.2) is 5.13 Å². The standard InChI is InChI=1S/C21H23N3OS/c1-4-15-10-6-8-12-17(15)23-20(25)19-14(3)22-21(26-19)24-18-13-9-7-11-16(18)5-2/h6-13H,4-5H2,1-3H3,(H,22,24)(H,23,25). The maximum Gasteiger partial charge on any atom is 0.267 e. The Morgan fingerprint density at radius 1 is 0.962 bits per heavy atom. The normalized spacial score (nSPS) is 10.6. The van der Waals surface area contributed by atoms with Crippen molar-refractivity contribution in [2.75, 3.05) is 10.6 Å². The minimum Gasteiger partial charge on any atom is -0.331 e. The van der Waals surface area contributed by atoms with Crippen LogP contribution < -0.4 is 10.6 Å². The summed E-state index contributed by atoms with van der Waals surface area (Å²) >= 11 is 1.38. The predicted octanol–water partition coefficient (Wildman–Crippen LogP) is 5.57. The predicted molar refractivity (Wildman–Crippen MR) is 110 cm³/mol. The van der Waals surface area contributed by atoms with Gasteiger partial charge in [-0.1, -0.05) is 61.6 Å². The van der Waals surface area contributed by atoms with E-state index in [9.17, 15) is 4.79 Å². The molecule has 3 rings (SSSR count). The van der Waals surface area contributed by atoms with Gasteiger partial charge in [-0.3, -0.25) is 4.79 Å². The molecule has 0 radical (unpaired) electrons. The smallest absolute Gasteiger partial charge is 0.267 e. The van der Waals surface area contributed by atoms with Crippen molar-refractivity contribution in [2.24, 2.45) is 0 Å². The molecule has 134 valence electrons. The lowest BCUT2D eigenvalue weighted by Gasteiger charge is -2.09. The van der Waals surface area contributed by atoms with Gasteiger partial charge in [0.05, 0.1) is 5.69 Å². The van der Waals surface area contributed by atoms with E-state index >= 15 is 0 Å². The Morgan fingerprint density at radius 3 is 2.19 bits per heavy atom. The summed E-state index contributed by atoms with van der Waals surface area (Å²) in [6.07, 6.45) is 1.81. The van der Waals surface area contributed by atoms with E-state index in [1.807, 2.05) is 49.4 Å². The average Bonchev–Trinajstić information content (AvgIpc) is 3.03. The second-order valence-electron chi connectivity index (χ2n) is 6.03. The minimum atomic E-state index is -0.113. The SMILES string of the molecule is CCc1ccccc1NC(=O)c1sc(Nc2ccccc2CC)nc1C. The van der Waals surface area contributed by atoms with Crippen molar-refractivity contribution in [1.82, 2.24) is 4.98 Å². The fourth-order valence-corrected chi connectivity index (χ4v) is 3.73. The third-order valence-electron chi connectivity index (χ3n) is 4.29. The molecule has 0 unspecified atom stereocenters. The lowest BCUT2D eigenvalue weighted by Crippen LogP contribution is -2.12. The summed E-state index contributed by atoms with van der Waals surface area (Å²) in [5.74, 6) is -0.113. The molecule has 1 heterocycles. The van der Waals surface area contributed by atoms with E-state index < -0.39 is 0 Å². The van der Waals surface area contributed by atoms with Crippen LogP contribution in [0.15, 0.2) is 48.5 Å². The second kappa shape index (κ2) is 8.15. The molecule has 2 aromatic carbocycles. The molecule has 0 bridgehead atoms. The molecule has 3 aromatic rings. The molecule has 0 fully saturated rings. The van der Waals surface area contributed by atoms with E-state index in [2.05, 4.69) is 35.5 Å². The molecule has 0 aliphatic heterocycles. The number of rotatable bonds is 6. The van der Waals surface area contributed by atoms with Crippen molar-refractivity contribution in [3.63, 3.8) is 0 Å². The summed E-state index contributed by atoms with van der Waals surface area (Å²) in [7, 11) is 0. The highest BCUT2D eigenvalue weighted by Gasteiger charge is 2.17. The van der Waals surface area contributed by atoms with Gasteiger partial charge in [-0.2, -0.15) is 0 Å². The largest absolute Gasteiger partial charge is 0.331 e. The Kier molecular flexibility index (Phi) is 5.68. The number of nitrogens with zero attached hydrogens (tertiary/aromatic N) is 1. The Bertz CT molecular complexity index is 917. The zero-order valence-electron chi connectivity index (χ0n) is 15.3. The number of anilines is 3. The van der Waals surface area contributed by atoms with Crippen LogP contribution in [0.3, 0.4) is 0 Å². The first kappa shape index (κ1) is 18.1. The molecule has 0 saturated heterocycles. The molecule has 0 spiro atoms. The van der Waals surface area contributed by atoms with Gasteiger partial charge in [-0.05, 0) is 43.0 Å². The number of aromatic nitrogens is 1. The van der Waals surface area contributed by atoms with Gasteiger partial charge in [0.1, 0.15) is 4.88 Å². The number of nitrogens with one attached hydrogen (secondary N) is 2. The summed E-state index contributed by atoms with van der Waals surface area (Å²) in [4.78, 5) is 17.9. The number of benzene rings is 2. The average molecular weight is 366 g/mol. The maximum atomic E-state index is 12.7. The number of aryl methyl sites for hydroxylation is 3. The molecule has 26 heavy (non-hydrogen) atoms. The highest BCUT2D eigenvalue weighted by Crippen LogP contribution is 2.28. The molecule has 1 amide bonds. The van der Waals surface area contributed by atoms with Crippen LogP contribution in [-0.2, 0) is 12.8 Å². The highest BCUT2D eigenvalue weighted by molar-refractivity contribution is 7.17. The summed E-state index contributed by atoms with van der Waals surface area (Å²) in [6.45, 7) is 6.07. The van der Waals surface area contributed by atoms with Crippen molar-refractivity contribution < 1.29 is 4.79 Å². The van der Waals surface area contributed by atoms with Crippen LogP contribution in [0.25, 0.3) is 0 Å². The van der Waals surface area contributed by atoms with Crippen LogP contribution in [-0.4, -0.2) is 10.9 Å². The van der Waals surface area contributed by atoms with E-state index in [1.54, 1.807) is 0 Å². The minimum absolute atomic E-state index is 0.113. The molecule has 0 aliphatic carbocycles. The van der Waals surface area contributed by atoms with E-state index in [0.29, 0.717) is 4.88 Å². The Balaban J connectivity index is 1.80. The van der Waals surface area contributed by atoms with Gasteiger partial charge in [0.2, 0.25) is 0 Å². The highest BCUT2D eigenvalue weighted by atomic mass is 32.1. The molecule has 2 N–H and O–H groups in total.